The van der Waals surface area contributed by atoms with Gasteiger partial charge in [-0.15, -0.1) is 11.3 Å². The van der Waals surface area contributed by atoms with Crippen molar-refractivity contribution < 1.29 is 9.18 Å². The van der Waals surface area contributed by atoms with E-state index in [1.165, 1.54) is 23.5 Å². The molecule has 0 aliphatic heterocycles. The Balaban J connectivity index is 2.13. The molecule has 0 saturated carbocycles. The van der Waals surface area contributed by atoms with E-state index in [9.17, 15) is 9.18 Å². The number of nitrogens with one attached hydrogen (secondary N) is 1. The van der Waals surface area contributed by atoms with Gasteiger partial charge in [-0.25, -0.2) is 9.37 Å². The molecular weight excluding hydrogens is 313 g/mol. The minimum absolute atomic E-state index is 0.0155. The van der Waals surface area contributed by atoms with Gasteiger partial charge in [-0.2, -0.15) is 0 Å². The van der Waals surface area contributed by atoms with Crippen LogP contribution in [0.1, 0.15) is 41.6 Å². The lowest BCUT2D eigenvalue weighted by atomic mass is 10.1. The van der Waals surface area contributed by atoms with Crippen molar-refractivity contribution in [3.63, 3.8) is 0 Å². The van der Waals surface area contributed by atoms with Crippen molar-refractivity contribution in [2.24, 2.45) is 5.73 Å². The van der Waals surface area contributed by atoms with Gasteiger partial charge < -0.3 is 11.1 Å². The number of hydrogen-bond acceptors (Lipinski definition) is 4. The van der Waals surface area contributed by atoms with Gasteiger partial charge >= 0.3 is 0 Å². The van der Waals surface area contributed by atoms with Crippen LogP contribution in [-0.4, -0.2) is 23.5 Å². The minimum Gasteiger partial charge on any atom is -0.347 e. The van der Waals surface area contributed by atoms with Gasteiger partial charge in [0.1, 0.15) is 15.7 Å². The summed E-state index contributed by atoms with van der Waals surface area (Å²) in [7, 11) is 0. The third-order valence-electron chi connectivity index (χ3n) is 3.62. The van der Waals surface area contributed by atoms with E-state index in [-0.39, 0.29) is 17.8 Å². The van der Waals surface area contributed by atoms with Crippen LogP contribution in [-0.2, 0) is 0 Å². The van der Waals surface area contributed by atoms with E-state index < -0.39 is 0 Å². The van der Waals surface area contributed by atoms with Crippen LogP contribution < -0.4 is 11.1 Å². The maximum Gasteiger partial charge on any atom is 0.263 e. The molecule has 0 bridgehead atoms. The third-order valence-corrected chi connectivity index (χ3v) is 4.83. The number of rotatable bonds is 7. The van der Waals surface area contributed by atoms with Crippen LogP contribution in [0.2, 0.25) is 0 Å². The van der Waals surface area contributed by atoms with Crippen LogP contribution in [0.4, 0.5) is 4.39 Å². The summed E-state index contributed by atoms with van der Waals surface area (Å²) in [5.41, 5.74) is 7.21. The maximum atomic E-state index is 13.0. The standard InChI is InChI=1S/C17H22FN3OS/c1-3-4-5-14(10-19)21-16(22)15-11(2)20-17(23-15)12-6-8-13(18)9-7-12/h6-9,14H,3-5,10,19H2,1-2H3,(H,21,22). The molecule has 1 unspecified atom stereocenters. The van der Waals surface area contributed by atoms with Crippen molar-refractivity contribution >= 4 is 17.2 Å². The number of halogens is 1. The first kappa shape index (κ1) is 17.6. The molecule has 2 rings (SSSR count). The third kappa shape index (κ3) is 4.59. The number of unbranched alkanes of at least 4 members (excludes halogenated alkanes) is 1. The number of aryl methyl sites for hydroxylation is 1. The second kappa shape index (κ2) is 8.17. The second-order valence-corrected chi connectivity index (χ2v) is 6.49. The van der Waals surface area contributed by atoms with Crippen LogP contribution in [0.3, 0.4) is 0 Å². The van der Waals surface area contributed by atoms with Gasteiger partial charge in [0.25, 0.3) is 5.91 Å². The van der Waals surface area contributed by atoms with Crippen LogP contribution in [0, 0.1) is 12.7 Å². The fourth-order valence-corrected chi connectivity index (χ4v) is 3.25. The highest BCUT2D eigenvalue weighted by Crippen LogP contribution is 2.28. The molecule has 2 aromatic rings. The van der Waals surface area contributed by atoms with Crippen LogP contribution in [0.15, 0.2) is 24.3 Å². The summed E-state index contributed by atoms with van der Waals surface area (Å²) in [6, 6.07) is 6.10. The Kier molecular flexibility index (Phi) is 6.24. The lowest BCUT2D eigenvalue weighted by Gasteiger charge is -2.15. The van der Waals surface area contributed by atoms with E-state index in [0.29, 0.717) is 22.1 Å². The second-order valence-electron chi connectivity index (χ2n) is 5.49. The van der Waals surface area contributed by atoms with E-state index in [0.717, 1.165) is 24.8 Å². The van der Waals surface area contributed by atoms with Crippen molar-refractivity contribution in [1.29, 1.82) is 0 Å². The summed E-state index contributed by atoms with van der Waals surface area (Å²) in [5.74, 6) is -0.429. The number of amides is 1. The number of nitrogens with zero attached hydrogens (tertiary/aromatic N) is 1. The SMILES string of the molecule is CCCCC(CN)NC(=O)c1sc(-c2ccc(F)cc2)nc1C. The van der Waals surface area contributed by atoms with Gasteiger partial charge in [0.05, 0.1) is 5.69 Å². The first-order valence-corrected chi connectivity index (χ1v) is 8.61. The highest BCUT2D eigenvalue weighted by molar-refractivity contribution is 7.17. The first-order chi connectivity index (χ1) is 11.0. The van der Waals surface area contributed by atoms with E-state index in [1.807, 2.05) is 6.92 Å². The number of nitrogens with two attached hydrogens (primary N) is 1. The van der Waals surface area contributed by atoms with Crippen molar-refractivity contribution in [1.82, 2.24) is 10.3 Å². The molecule has 1 atom stereocenters. The quantitative estimate of drug-likeness (QED) is 0.813. The van der Waals surface area contributed by atoms with Gasteiger partial charge in [0, 0.05) is 18.2 Å². The molecule has 1 aromatic heterocycles. The average Bonchev–Trinajstić information content (AvgIpc) is 2.94. The summed E-state index contributed by atoms with van der Waals surface area (Å²) in [5, 5.41) is 3.69. The number of carbonyl (C=O) groups excluding carboxylic acids is 1. The molecule has 0 fully saturated rings. The summed E-state index contributed by atoms with van der Waals surface area (Å²) in [4.78, 5) is 17.5. The van der Waals surface area contributed by atoms with Crippen LogP contribution in [0.25, 0.3) is 10.6 Å². The molecule has 3 N–H and O–H groups in total. The Labute approximate surface area is 139 Å². The Morgan fingerprint density at radius 1 is 1.39 bits per heavy atom. The zero-order valence-corrected chi connectivity index (χ0v) is 14.3. The topological polar surface area (TPSA) is 68.0 Å². The molecule has 0 saturated heterocycles. The molecule has 1 aromatic carbocycles. The minimum atomic E-state index is -0.290. The van der Waals surface area contributed by atoms with E-state index in [1.54, 1.807) is 12.1 Å². The molecule has 23 heavy (non-hydrogen) atoms. The molecule has 1 amide bonds. The average molecular weight is 335 g/mol. The number of carbonyl (C=O) groups is 1. The predicted molar refractivity (Wildman–Crippen MR) is 92.1 cm³/mol. The van der Waals surface area contributed by atoms with Gasteiger partial charge in [0.15, 0.2) is 0 Å². The van der Waals surface area contributed by atoms with Crippen LogP contribution >= 0.6 is 11.3 Å². The first-order valence-electron chi connectivity index (χ1n) is 7.79. The number of hydrogen-bond donors (Lipinski definition) is 2. The molecule has 0 aliphatic rings. The largest absolute Gasteiger partial charge is 0.347 e. The Morgan fingerprint density at radius 3 is 2.70 bits per heavy atom. The Bertz CT molecular complexity index is 654. The fourth-order valence-electron chi connectivity index (χ4n) is 2.27. The number of benzene rings is 1. The highest BCUT2D eigenvalue weighted by atomic mass is 32.1. The predicted octanol–water partition coefficient (Wildman–Crippen LogP) is 3.50. The van der Waals surface area contributed by atoms with Gasteiger partial charge in [-0.05, 0) is 37.6 Å². The lowest BCUT2D eigenvalue weighted by Crippen LogP contribution is -2.40. The van der Waals surface area contributed by atoms with Gasteiger partial charge in [0.2, 0.25) is 0 Å². The van der Waals surface area contributed by atoms with E-state index in [4.69, 9.17) is 5.73 Å². The summed E-state index contributed by atoms with van der Waals surface area (Å²) in [6.45, 7) is 4.34. The summed E-state index contributed by atoms with van der Waals surface area (Å²) >= 11 is 1.32. The Morgan fingerprint density at radius 2 is 2.09 bits per heavy atom. The van der Waals surface area contributed by atoms with Gasteiger partial charge in [-0.1, -0.05) is 19.8 Å². The lowest BCUT2D eigenvalue weighted by molar-refractivity contribution is 0.0939. The number of thiazole rings is 1. The maximum absolute atomic E-state index is 13.0. The zero-order chi connectivity index (χ0) is 16.8. The van der Waals surface area contributed by atoms with E-state index in [2.05, 4.69) is 17.2 Å². The Hall–Kier alpha value is -1.79. The molecular formula is C17H22FN3OS. The molecule has 124 valence electrons. The summed E-state index contributed by atoms with van der Waals surface area (Å²) < 4.78 is 13.0. The molecule has 4 nitrogen and oxygen atoms in total. The molecule has 0 radical (unpaired) electrons. The van der Waals surface area contributed by atoms with Crippen molar-refractivity contribution in [2.75, 3.05) is 6.54 Å². The fraction of sp³-hybridized carbons (Fsp3) is 0.412. The molecule has 1 heterocycles. The molecule has 0 spiro atoms. The van der Waals surface area contributed by atoms with Crippen molar-refractivity contribution in [2.45, 2.75) is 39.2 Å². The zero-order valence-electron chi connectivity index (χ0n) is 13.4. The highest BCUT2D eigenvalue weighted by Gasteiger charge is 2.18. The van der Waals surface area contributed by atoms with E-state index >= 15 is 0 Å². The van der Waals surface area contributed by atoms with Gasteiger partial charge in [-0.3, -0.25) is 4.79 Å². The normalized spacial score (nSPS) is 12.2. The van der Waals surface area contributed by atoms with Crippen LogP contribution in [0.5, 0.6) is 0 Å². The monoisotopic (exact) mass is 335 g/mol. The number of aromatic nitrogens is 1. The molecule has 6 heteroatoms. The van der Waals surface area contributed by atoms with Crippen molar-refractivity contribution in [3.8, 4) is 10.6 Å². The molecule has 0 aliphatic carbocycles. The smallest absolute Gasteiger partial charge is 0.263 e. The van der Waals surface area contributed by atoms with Crippen molar-refractivity contribution in [3.05, 3.63) is 40.7 Å². The summed E-state index contributed by atoms with van der Waals surface area (Å²) in [6.07, 6.45) is 2.98.